The van der Waals surface area contributed by atoms with Crippen LogP contribution in [0.4, 0.5) is 5.13 Å². The van der Waals surface area contributed by atoms with E-state index in [0.717, 1.165) is 34.4 Å². The lowest BCUT2D eigenvalue weighted by molar-refractivity contribution is -0.150. The number of hydrogen-bond donors (Lipinski definition) is 4. The maximum atomic E-state index is 13.3. The minimum atomic E-state index is -1.32. The predicted molar refractivity (Wildman–Crippen MR) is 157 cm³/mol. The van der Waals surface area contributed by atoms with Gasteiger partial charge >= 0.3 is 11.9 Å². The Morgan fingerprint density at radius 1 is 1.30 bits per heavy atom. The van der Waals surface area contributed by atoms with Crippen LogP contribution in [0.2, 0.25) is 0 Å². The highest BCUT2D eigenvalue weighted by Gasteiger charge is 2.54. The third kappa shape index (κ3) is 6.53. The summed E-state index contributed by atoms with van der Waals surface area (Å²) in [6, 6.07) is -1.02. The van der Waals surface area contributed by atoms with Gasteiger partial charge in [0.2, 0.25) is 5.16 Å². The van der Waals surface area contributed by atoms with Gasteiger partial charge in [-0.2, -0.15) is 0 Å². The maximum Gasteiger partial charge on any atom is 0.355 e. The van der Waals surface area contributed by atoms with Gasteiger partial charge in [0, 0.05) is 16.9 Å². The second-order valence-electron chi connectivity index (χ2n) is 9.21. The molecule has 21 heteroatoms. The number of nitrogens with zero attached hydrogens (tertiary/aromatic N) is 8. The number of β-lactam (4-membered cyclic amide) rings is 1. The number of aromatic nitrogens is 5. The van der Waals surface area contributed by atoms with Gasteiger partial charge in [-0.1, -0.05) is 28.1 Å². The van der Waals surface area contributed by atoms with Crippen molar-refractivity contribution in [2.45, 2.75) is 42.1 Å². The summed E-state index contributed by atoms with van der Waals surface area (Å²) in [5.74, 6) is -3.66. The number of fused-ring (bicyclic) bond motifs is 1. The molecule has 0 radical (unpaired) electrons. The minimum Gasteiger partial charge on any atom is -0.477 e. The van der Waals surface area contributed by atoms with Gasteiger partial charge in [0.15, 0.2) is 16.6 Å². The first-order valence-corrected chi connectivity index (χ1v) is 15.6. The molecule has 2 amide bonds. The van der Waals surface area contributed by atoms with Crippen molar-refractivity contribution in [1.82, 2.24) is 35.4 Å². The third-order valence-corrected chi connectivity index (χ3v) is 9.44. The second kappa shape index (κ2) is 13.4. The van der Waals surface area contributed by atoms with Crippen molar-refractivity contribution in [3.05, 3.63) is 34.5 Å². The fourth-order valence-corrected chi connectivity index (χ4v) is 7.27. The first kappa shape index (κ1) is 30.9. The van der Waals surface area contributed by atoms with Crippen LogP contribution in [0.3, 0.4) is 0 Å². The van der Waals surface area contributed by atoms with Gasteiger partial charge in [0.1, 0.15) is 36.0 Å². The first-order valence-electron chi connectivity index (χ1n) is 12.7. The van der Waals surface area contributed by atoms with Crippen molar-refractivity contribution in [3.63, 3.8) is 0 Å². The fraction of sp³-hybridized carbons (Fsp3) is 0.391. The molecule has 0 saturated carbocycles. The van der Waals surface area contributed by atoms with Gasteiger partial charge in [-0.3, -0.25) is 14.5 Å². The summed E-state index contributed by atoms with van der Waals surface area (Å²) in [5, 5.41) is 41.9. The highest BCUT2D eigenvalue weighted by molar-refractivity contribution is 8.01. The van der Waals surface area contributed by atoms with Crippen molar-refractivity contribution >= 4 is 75.2 Å². The highest BCUT2D eigenvalue weighted by atomic mass is 32.2. The van der Waals surface area contributed by atoms with Crippen molar-refractivity contribution in [2.24, 2.45) is 10.3 Å². The Bertz CT molecular complexity index is 1600. The molecule has 0 aromatic carbocycles. The molecule has 5 rings (SSSR count). The van der Waals surface area contributed by atoms with Gasteiger partial charge < -0.3 is 30.9 Å². The SMILES string of the molecule is CON=C(Cn1nnnc1SCC1=C(C(=O)O)N2C(=O)C(NC(=O)C(=NOC3C=CCC3)c3csc(N)n3)[C@H]2SC1)C(=O)O. The van der Waals surface area contributed by atoms with Gasteiger partial charge in [0.25, 0.3) is 11.8 Å². The summed E-state index contributed by atoms with van der Waals surface area (Å²) in [6.45, 7) is -0.298. The molecule has 1 saturated heterocycles. The number of carbonyl (C=O) groups excluding carboxylic acids is 2. The molecule has 18 nitrogen and oxygen atoms in total. The average molecular weight is 665 g/mol. The normalized spacial score (nSPS) is 21.6. The summed E-state index contributed by atoms with van der Waals surface area (Å²) in [4.78, 5) is 65.5. The van der Waals surface area contributed by atoms with E-state index in [9.17, 15) is 29.4 Å². The summed E-state index contributed by atoms with van der Waals surface area (Å²) in [5.41, 5.74) is 5.63. The van der Waals surface area contributed by atoms with E-state index in [1.54, 1.807) is 5.38 Å². The summed E-state index contributed by atoms with van der Waals surface area (Å²) < 4.78 is 1.18. The van der Waals surface area contributed by atoms with Crippen LogP contribution < -0.4 is 11.1 Å². The van der Waals surface area contributed by atoms with E-state index in [2.05, 4.69) is 41.0 Å². The molecule has 2 aliphatic heterocycles. The van der Waals surface area contributed by atoms with Gasteiger partial charge in [-0.15, -0.1) is 28.2 Å². The number of thioether (sulfide) groups is 2. The van der Waals surface area contributed by atoms with E-state index < -0.39 is 35.2 Å². The number of nitrogen functional groups attached to an aromatic ring is 1. The summed E-state index contributed by atoms with van der Waals surface area (Å²) in [7, 11) is 1.20. The molecule has 0 spiro atoms. The molecule has 44 heavy (non-hydrogen) atoms. The lowest BCUT2D eigenvalue weighted by Gasteiger charge is -2.49. The molecule has 2 unspecified atom stereocenters. The molecule has 2 aromatic rings. The van der Waals surface area contributed by atoms with Crippen LogP contribution in [0.5, 0.6) is 0 Å². The van der Waals surface area contributed by atoms with Gasteiger partial charge in [0.05, 0.1) is 6.54 Å². The van der Waals surface area contributed by atoms with E-state index in [-0.39, 0.29) is 57.3 Å². The Morgan fingerprint density at radius 2 is 2.11 bits per heavy atom. The van der Waals surface area contributed by atoms with E-state index in [1.165, 1.54) is 23.6 Å². The van der Waals surface area contributed by atoms with E-state index in [4.69, 9.17) is 10.6 Å². The van der Waals surface area contributed by atoms with Crippen LogP contribution in [-0.4, -0.2) is 112 Å². The van der Waals surface area contributed by atoms with Crippen LogP contribution in [-0.2, 0) is 35.4 Å². The van der Waals surface area contributed by atoms with E-state index >= 15 is 0 Å². The maximum absolute atomic E-state index is 13.3. The molecule has 1 aliphatic carbocycles. The zero-order valence-electron chi connectivity index (χ0n) is 22.7. The first-order chi connectivity index (χ1) is 21.2. The second-order valence-corrected chi connectivity index (χ2v) is 12.1. The lowest BCUT2D eigenvalue weighted by atomic mass is 10.0. The highest BCUT2D eigenvalue weighted by Crippen LogP contribution is 2.41. The minimum absolute atomic E-state index is 0.0847. The number of hydrogen-bond acceptors (Lipinski definition) is 16. The van der Waals surface area contributed by atoms with Crippen LogP contribution in [0, 0.1) is 0 Å². The standard InChI is InChI=1S/C23H24N10O8S3/c1-40-28-12(20(36)37)6-32-23(27-30-31-32)44-8-10-7-42-19-15(18(35)33(19)16(10)21(38)39)26-17(34)14(13-9-43-22(24)25-13)29-41-11-4-2-3-5-11/h2,4,9,11,15,19H,3,5-8H2,1H3,(H2,24,25)(H,26,34)(H,36,37)(H,38,39)/t11?,15?,19-/m1/s1. The Hall–Kier alpha value is -4.50. The molecule has 3 atom stereocenters. The molecular formula is C23H24N10O8S3. The Kier molecular flexibility index (Phi) is 9.44. The van der Waals surface area contributed by atoms with Crippen LogP contribution in [0.25, 0.3) is 0 Å². The van der Waals surface area contributed by atoms with Crippen LogP contribution in [0.1, 0.15) is 18.5 Å². The molecular weight excluding hydrogens is 641 g/mol. The fourth-order valence-electron chi connectivity index (χ4n) is 4.36. The molecule has 0 bridgehead atoms. The van der Waals surface area contributed by atoms with Crippen molar-refractivity contribution in [3.8, 4) is 0 Å². The number of carbonyl (C=O) groups is 4. The molecule has 232 valence electrons. The Morgan fingerprint density at radius 3 is 2.77 bits per heavy atom. The Labute approximate surface area is 260 Å². The van der Waals surface area contributed by atoms with Gasteiger partial charge in [-0.05, 0) is 34.9 Å². The summed E-state index contributed by atoms with van der Waals surface area (Å²) >= 11 is 3.44. The molecule has 1 fully saturated rings. The number of nitrogens with one attached hydrogen (secondary N) is 1. The quantitative estimate of drug-likeness (QED) is 0.0710. The van der Waals surface area contributed by atoms with Crippen molar-refractivity contribution in [2.75, 3.05) is 24.3 Å². The Balaban J connectivity index is 1.28. The number of amides is 2. The predicted octanol–water partition coefficient (Wildman–Crippen LogP) is -0.231. The number of carboxylic acid groups (broad SMARTS) is 2. The largest absolute Gasteiger partial charge is 0.477 e. The number of rotatable bonds is 13. The van der Waals surface area contributed by atoms with Crippen molar-refractivity contribution < 1.29 is 39.1 Å². The van der Waals surface area contributed by atoms with Crippen molar-refractivity contribution in [1.29, 1.82) is 0 Å². The number of carboxylic acids is 2. The number of thiazole rings is 1. The molecule has 2 aromatic heterocycles. The number of allylic oxidation sites excluding steroid dienone is 1. The number of tetrazole rings is 1. The smallest absolute Gasteiger partial charge is 0.355 e. The number of aliphatic carboxylic acids is 2. The lowest BCUT2D eigenvalue weighted by Crippen LogP contribution is -2.71. The van der Waals surface area contributed by atoms with Crippen LogP contribution >= 0.6 is 34.9 Å². The molecule has 5 N–H and O–H groups in total. The number of nitrogens with two attached hydrogens (primary N) is 1. The zero-order valence-corrected chi connectivity index (χ0v) is 25.2. The van der Waals surface area contributed by atoms with Crippen LogP contribution in [0.15, 0.2) is 44.3 Å². The monoisotopic (exact) mass is 664 g/mol. The average Bonchev–Trinajstić information content (AvgIpc) is 3.77. The number of oxime groups is 2. The summed E-state index contributed by atoms with van der Waals surface area (Å²) in [6.07, 6.45) is 5.00. The third-order valence-electron chi connectivity index (χ3n) is 6.39. The zero-order chi connectivity index (χ0) is 31.4. The molecule has 4 heterocycles. The molecule has 3 aliphatic rings. The topological polar surface area (TPSA) is 250 Å². The van der Waals surface area contributed by atoms with Gasteiger partial charge in [-0.25, -0.2) is 19.3 Å². The van der Waals surface area contributed by atoms with E-state index in [0.29, 0.717) is 12.0 Å². The number of anilines is 1. The van der Waals surface area contributed by atoms with E-state index in [1.807, 2.05) is 12.2 Å².